The zero-order valence-corrected chi connectivity index (χ0v) is 9.41. The predicted molar refractivity (Wildman–Crippen MR) is 56.3 cm³/mol. The van der Waals surface area contributed by atoms with Gasteiger partial charge < -0.3 is 9.47 Å². The summed E-state index contributed by atoms with van der Waals surface area (Å²) in [5.41, 5.74) is 0. The summed E-state index contributed by atoms with van der Waals surface area (Å²) < 4.78 is 10.8. The average Bonchev–Trinajstić information content (AvgIpc) is 2.21. The molecule has 1 aromatic carbocycles. The summed E-state index contributed by atoms with van der Waals surface area (Å²) in [6.07, 6.45) is 0.270. The molecule has 0 bridgehead atoms. The molecule has 76 valence electrons. The first-order valence-electron chi connectivity index (χ1n) is 4.17. The maximum atomic E-state index is 10.7. The second kappa shape index (κ2) is 5.65. The summed E-state index contributed by atoms with van der Waals surface area (Å²) in [5.74, 6) is 0.485. The van der Waals surface area contributed by atoms with Crippen molar-refractivity contribution in [1.29, 1.82) is 0 Å². The zero-order chi connectivity index (χ0) is 10.4. The van der Waals surface area contributed by atoms with Crippen molar-refractivity contribution in [1.82, 2.24) is 0 Å². The third-order valence-electron chi connectivity index (χ3n) is 1.62. The molecule has 0 heterocycles. The molecule has 0 unspecified atom stereocenters. The number of benzene rings is 1. The van der Waals surface area contributed by atoms with E-state index in [1.807, 2.05) is 24.3 Å². The van der Waals surface area contributed by atoms with Crippen LogP contribution >= 0.6 is 15.9 Å². The lowest BCUT2D eigenvalue weighted by Crippen LogP contribution is -2.07. The average molecular weight is 259 g/mol. The maximum absolute atomic E-state index is 10.7. The minimum absolute atomic E-state index is 0.262. The van der Waals surface area contributed by atoms with Crippen LogP contribution in [0.5, 0.6) is 5.75 Å². The van der Waals surface area contributed by atoms with E-state index in [-0.39, 0.29) is 12.4 Å². The maximum Gasteiger partial charge on any atom is 0.308 e. The highest BCUT2D eigenvalue weighted by Crippen LogP contribution is 2.16. The molecular weight excluding hydrogens is 248 g/mol. The molecule has 0 spiro atoms. The highest BCUT2D eigenvalue weighted by atomic mass is 79.9. The van der Waals surface area contributed by atoms with E-state index < -0.39 is 0 Å². The normalized spacial score (nSPS) is 9.57. The quantitative estimate of drug-likeness (QED) is 0.779. The van der Waals surface area contributed by atoms with E-state index in [9.17, 15) is 4.79 Å². The lowest BCUT2D eigenvalue weighted by atomic mass is 10.3. The zero-order valence-electron chi connectivity index (χ0n) is 7.83. The van der Waals surface area contributed by atoms with E-state index in [1.165, 1.54) is 7.11 Å². The lowest BCUT2D eigenvalue weighted by Gasteiger charge is -2.04. The van der Waals surface area contributed by atoms with Gasteiger partial charge in [-0.1, -0.05) is 15.9 Å². The van der Waals surface area contributed by atoms with Gasteiger partial charge in [0.15, 0.2) is 0 Å². The molecule has 0 aromatic heterocycles. The Hall–Kier alpha value is -1.03. The Balaban J connectivity index is 2.31. The molecule has 14 heavy (non-hydrogen) atoms. The van der Waals surface area contributed by atoms with Crippen LogP contribution in [0.3, 0.4) is 0 Å². The number of ether oxygens (including phenoxy) is 2. The van der Waals surface area contributed by atoms with Crippen LogP contribution in [0.4, 0.5) is 0 Å². The molecule has 1 aromatic rings. The van der Waals surface area contributed by atoms with Crippen LogP contribution in [0, 0.1) is 0 Å². The molecule has 1 rings (SSSR count). The fourth-order valence-corrected chi connectivity index (χ4v) is 1.15. The molecule has 3 nitrogen and oxygen atoms in total. The number of methoxy groups -OCH3 is 1. The van der Waals surface area contributed by atoms with Crippen LogP contribution < -0.4 is 4.74 Å². The van der Waals surface area contributed by atoms with E-state index in [4.69, 9.17) is 4.74 Å². The van der Waals surface area contributed by atoms with Crippen molar-refractivity contribution in [3.8, 4) is 5.75 Å². The summed E-state index contributed by atoms with van der Waals surface area (Å²) in [6.45, 7) is 0.342. The van der Waals surface area contributed by atoms with Crippen LogP contribution in [0.2, 0.25) is 0 Å². The van der Waals surface area contributed by atoms with Crippen LogP contribution in [-0.4, -0.2) is 19.7 Å². The molecular formula is C10H11BrO3. The molecule has 0 fully saturated rings. The fourth-order valence-electron chi connectivity index (χ4n) is 0.885. The van der Waals surface area contributed by atoms with Crippen molar-refractivity contribution in [2.75, 3.05) is 13.7 Å². The van der Waals surface area contributed by atoms with Gasteiger partial charge >= 0.3 is 5.97 Å². The van der Waals surface area contributed by atoms with Gasteiger partial charge in [0.25, 0.3) is 0 Å². The first kappa shape index (κ1) is 11.0. The van der Waals surface area contributed by atoms with E-state index in [1.54, 1.807) is 0 Å². The highest BCUT2D eigenvalue weighted by Gasteiger charge is 2.00. The topological polar surface area (TPSA) is 35.5 Å². The summed E-state index contributed by atoms with van der Waals surface area (Å²) in [7, 11) is 1.36. The Kier molecular flexibility index (Phi) is 4.46. The van der Waals surface area contributed by atoms with Crippen molar-refractivity contribution in [3.63, 3.8) is 0 Å². The molecule has 0 aliphatic rings. The van der Waals surface area contributed by atoms with Crippen molar-refractivity contribution in [3.05, 3.63) is 28.7 Å². The van der Waals surface area contributed by atoms with Gasteiger partial charge in [0.1, 0.15) is 5.75 Å². The van der Waals surface area contributed by atoms with Crippen LogP contribution in [0.1, 0.15) is 6.42 Å². The summed E-state index contributed by atoms with van der Waals surface area (Å²) in [6, 6.07) is 7.43. The Morgan fingerprint density at radius 3 is 2.57 bits per heavy atom. The van der Waals surface area contributed by atoms with Gasteiger partial charge in [0, 0.05) is 4.47 Å². The van der Waals surface area contributed by atoms with Gasteiger partial charge in [-0.2, -0.15) is 0 Å². The standard InChI is InChI=1S/C10H11BrO3/c1-13-10(12)6-7-14-9-4-2-8(11)3-5-9/h2-5H,6-7H2,1H3. The number of carbonyl (C=O) groups is 1. The predicted octanol–water partition coefficient (Wildman–Crippen LogP) is 2.39. The van der Waals surface area contributed by atoms with Gasteiger partial charge in [0.2, 0.25) is 0 Å². The summed E-state index contributed by atoms with van der Waals surface area (Å²) in [4.78, 5) is 10.7. The smallest absolute Gasteiger partial charge is 0.308 e. The minimum Gasteiger partial charge on any atom is -0.493 e. The number of hydrogen-bond donors (Lipinski definition) is 0. The number of hydrogen-bond acceptors (Lipinski definition) is 3. The van der Waals surface area contributed by atoms with E-state index in [2.05, 4.69) is 20.7 Å². The Bertz CT molecular complexity index is 295. The van der Waals surface area contributed by atoms with Gasteiger partial charge in [-0.15, -0.1) is 0 Å². The molecule has 0 saturated carbocycles. The lowest BCUT2D eigenvalue weighted by molar-refractivity contribution is -0.141. The van der Waals surface area contributed by atoms with Crippen molar-refractivity contribution < 1.29 is 14.3 Å². The molecule has 0 aliphatic carbocycles. The summed E-state index contributed by atoms with van der Waals surface area (Å²) in [5, 5.41) is 0. The first-order chi connectivity index (χ1) is 6.72. The Morgan fingerprint density at radius 2 is 2.00 bits per heavy atom. The van der Waals surface area contributed by atoms with Gasteiger partial charge in [0.05, 0.1) is 20.1 Å². The Morgan fingerprint density at radius 1 is 1.36 bits per heavy atom. The molecule has 0 N–H and O–H groups in total. The third kappa shape index (κ3) is 3.79. The first-order valence-corrected chi connectivity index (χ1v) is 4.97. The molecule has 4 heteroatoms. The van der Waals surface area contributed by atoms with E-state index >= 15 is 0 Å². The molecule has 0 saturated heterocycles. The monoisotopic (exact) mass is 258 g/mol. The van der Waals surface area contributed by atoms with Crippen LogP contribution in [0.25, 0.3) is 0 Å². The number of rotatable bonds is 4. The molecule has 0 aliphatic heterocycles. The van der Waals surface area contributed by atoms with Gasteiger partial charge in [-0.3, -0.25) is 4.79 Å². The molecule has 0 atom stereocenters. The number of carbonyl (C=O) groups excluding carboxylic acids is 1. The molecule has 0 amide bonds. The van der Waals surface area contributed by atoms with Crippen molar-refractivity contribution in [2.45, 2.75) is 6.42 Å². The second-order valence-electron chi connectivity index (χ2n) is 2.63. The van der Waals surface area contributed by atoms with Crippen molar-refractivity contribution >= 4 is 21.9 Å². The van der Waals surface area contributed by atoms with Crippen LogP contribution in [-0.2, 0) is 9.53 Å². The number of esters is 1. The van der Waals surface area contributed by atoms with Gasteiger partial charge in [-0.05, 0) is 24.3 Å². The molecule has 0 radical (unpaired) electrons. The van der Waals surface area contributed by atoms with E-state index in [0.29, 0.717) is 6.61 Å². The number of halogens is 1. The second-order valence-corrected chi connectivity index (χ2v) is 3.54. The minimum atomic E-state index is -0.262. The summed E-state index contributed by atoms with van der Waals surface area (Å²) >= 11 is 3.32. The van der Waals surface area contributed by atoms with E-state index in [0.717, 1.165) is 10.2 Å². The van der Waals surface area contributed by atoms with Gasteiger partial charge in [-0.25, -0.2) is 0 Å². The van der Waals surface area contributed by atoms with Crippen molar-refractivity contribution in [2.24, 2.45) is 0 Å². The fraction of sp³-hybridized carbons (Fsp3) is 0.300. The Labute approximate surface area is 91.1 Å². The SMILES string of the molecule is COC(=O)CCOc1ccc(Br)cc1. The largest absolute Gasteiger partial charge is 0.493 e. The third-order valence-corrected chi connectivity index (χ3v) is 2.14. The van der Waals surface area contributed by atoms with Crippen LogP contribution in [0.15, 0.2) is 28.7 Å². The highest BCUT2D eigenvalue weighted by molar-refractivity contribution is 9.10.